The van der Waals surface area contributed by atoms with Crippen molar-refractivity contribution >= 4 is 44.7 Å². The first-order valence-electron chi connectivity index (χ1n) is 7.55. The molecule has 2 heterocycles. The van der Waals surface area contributed by atoms with Gasteiger partial charge in [-0.3, -0.25) is 14.9 Å². The van der Waals surface area contributed by atoms with Gasteiger partial charge in [0.25, 0.3) is 5.24 Å². The van der Waals surface area contributed by atoms with Crippen LogP contribution in [0.25, 0.3) is 21.8 Å². The first kappa shape index (κ1) is 14.3. The van der Waals surface area contributed by atoms with Crippen molar-refractivity contribution in [1.82, 2.24) is 10.3 Å². The summed E-state index contributed by atoms with van der Waals surface area (Å²) < 4.78 is 0. The Bertz CT molecular complexity index is 974. The number of carbonyl (C=O) groups is 2. The Morgan fingerprint density at radius 1 is 1.17 bits per heavy atom. The number of aromatic amines is 1. The molecular weight excluding hydrogens is 308 g/mol. The third kappa shape index (κ3) is 2.23. The van der Waals surface area contributed by atoms with Crippen LogP contribution in [0, 0.1) is 13.8 Å². The van der Waals surface area contributed by atoms with Gasteiger partial charge in [0.15, 0.2) is 0 Å². The Morgan fingerprint density at radius 2 is 1.96 bits per heavy atom. The first-order valence-corrected chi connectivity index (χ1v) is 8.43. The van der Waals surface area contributed by atoms with E-state index in [-0.39, 0.29) is 16.4 Å². The van der Waals surface area contributed by atoms with Gasteiger partial charge in [0.2, 0.25) is 5.91 Å². The fraction of sp³-hybridized carbons (Fsp3) is 0.222. The van der Waals surface area contributed by atoms with E-state index in [1.165, 1.54) is 16.3 Å². The quantitative estimate of drug-likeness (QED) is 0.753. The Kier molecular flexibility index (Phi) is 3.20. The number of hydrogen-bond donors (Lipinski definition) is 2. The van der Waals surface area contributed by atoms with Crippen molar-refractivity contribution < 1.29 is 9.59 Å². The highest BCUT2D eigenvalue weighted by molar-refractivity contribution is 8.15. The fourth-order valence-electron chi connectivity index (χ4n) is 3.37. The molecule has 3 aromatic rings. The van der Waals surface area contributed by atoms with Crippen molar-refractivity contribution in [3.63, 3.8) is 0 Å². The zero-order valence-corrected chi connectivity index (χ0v) is 13.7. The van der Waals surface area contributed by atoms with E-state index in [9.17, 15) is 9.59 Å². The molecule has 0 bridgehead atoms. The third-order valence-electron chi connectivity index (χ3n) is 4.52. The van der Waals surface area contributed by atoms with Crippen LogP contribution in [-0.4, -0.2) is 21.4 Å². The van der Waals surface area contributed by atoms with Gasteiger partial charge < -0.3 is 4.98 Å². The van der Waals surface area contributed by atoms with Gasteiger partial charge in [-0.05, 0) is 43.0 Å². The number of aryl methyl sites for hydroxylation is 2. The van der Waals surface area contributed by atoms with Crippen LogP contribution in [0.5, 0.6) is 0 Å². The molecule has 0 spiro atoms. The average Bonchev–Trinajstić information content (AvgIpc) is 3.05. The minimum Gasteiger partial charge on any atom is -0.354 e. The van der Waals surface area contributed by atoms with Gasteiger partial charge in [0.1, 0.15) is 0 Å². The molecule has 1 atom stereocenters. The van der Waals surface area contributed by atoms with Crippen LogP contribution < -0.4 is 5.32 Å². The topological polar surface area (TPSA) is 62.0 Å². The van der Waals surface area contributed by atoms with E-state index < -0.39 is 0 Å². The lowest BCUT2D eigenvalue weighted by atomic mass is 9.95. The molecule has 1 unspecified atom stereocenters. The van der Waals surface area contributed by atoms with E-state index in [0.29, 0.717) is 6.42 Å². The molecule has 2 amide bonds. The number of nitrogens with one attached hydrogen (secondary N) is 2. The monoisotopic (exact) mass is 324 g/mol. The van der Waals surface area contributed by atoms with Crippen LogP contribution >= 0.6 is 11.8 Å². The van der Waals surface area contributed by atoms with Crippen LogP contribution in [0.2, 0.25) is 0 Å². The van der Waals surface area contributed by atoms with Gasteiger partial charge in [-0.2, -0.15) is 0 Å². The second kappa shape index (κ2) is 5.13. The van der Waals surface area contributed by atoms with Crippen molar-refractivity contribution in [3.05, 3.63) is 47.0 Å². The number of hydrogen-bond acceptors (Lipinski definition) is 3. The summed E-state index contributed by atoms with van der Waals surface area (Å²) in [7, 11) is 0. The number of thioether (sulfide) groups is 1. The highest BCUT2D eigenvalue weighted by Crippen LogP contribution is 2.34. The molecular formula is C18H16N2O2S. The van der Waals surface area contributed by atoms with Gasteiger partial charge in [-0.15, -0.1) is 0 Å². The standard InChI is InChI=1S/C18H16N2O2S/c1-9-7-11(8-14-17(21)20-18(22)23-14)10(2)15-12-5-3-4-6-13(12)19-16(9)15/h3-7,14,19H,8H2,1-2H3,(H,20,21,22). The number of para-hydroxylation sites is 1. The normalized spacial score (nSPS) is 18.1. The second-order valence-corrected chi connectivity index (χ2v) is 7.16. The molecule has 1 saturated heterocycles. The summed E-state index contributed by atoms with van der Waals surface area (Å²) in [5.41, 5.74) is 5.73. The lowest BCUT2D eigenvalue weighted by Crippen LogP contribution is -2.25. The Balaban J connectivity index is 1.88. The first-order chi connectivity index (χ1) is 11.0. The summed E-state index contributed by atoms with van der Waals surface area (Å²) in [5, 5.41) is 4.20. The SMILES string of the molecule is Cc1cc(CC2SC(=O)NC2=O)c(C)c2c1[nH]c1ccccc12. The summed E-state index contributed by atoms with van der Waals surface area (Å²) in [5.74, 6) is -0.184. The molecule has 4 nitrogen and oxygen atoms in total. The van der Waals surface area contributed by atoms with Gasteiger partial charge in [-0.1, -0.05) is 36.0 Å². The Labute approximate surface area is 137 Å². The number of fused-ring (bicyclic) bond motifs is 3. The molecule has 0 radical (unpaired) electrons. The molecule has 0 aliphatic carbocycles. The van der Waals surface area contributed by atoms with Gasteiger partial charge in [0, 0.05) is 21.8 Å². The predicted octanol–water partition coefficient (Wildman–Crippen LogP) is 3.83. The zero-order valence-electron chi connectivity index (χ0n) is 12.9. The second-order valence-electron chi connectivity index (χ2n) is 5.99. The van der Waals surface area contributed by atoms with E-state index in [4.69, 9.17) is 0 Å². The molecule has 4 rings (SSSR count). The minimum atomic E-state index is -0.330. The Morgan fingerprint density at radius 3 is 2.70 bits per heavy atom. The van der Waals surface area contributed by atoms with Gasteiger partial charge in [-0.25, -0.2) is 0 Å². The van der Waals surface area contributed by atoms with Crippen LogP contribution in [0.15, 0.2) is 30.3 Å². The summed E-state index contributed by atoms with van der Waals surface area (Å²) in [6, 6.07) is 10.4. The van der Waals surface area contributed by atoms with E-state index in [1.807, 2.05) is 12.1 Å². The number of amides is 2. The van der Waals surface area contributed by atoms with E-state index in [0.717, 1.165) is 33.9 Å². The lowest BCUT2D eigenvalue weighted by molar-refractivity contribution is -0.118. The van der Waals surface area contributed by atoms with E-state index >= 15 is 0 Å². The summed E-state index contributed by atoms with van der Waals surface area (Å²) in [6.07, 6.45) is 0.574. The molecule has 23 heavy (non-hydrogen) atoms. The summed E-state index contributed by atoms with van der Waals surface area (Å²) in [6.45, 7) is 4.17. The van der Waals surface area contributed by atoms with Crippen LogP contribution in [0.4, 0.5) is 4.79 Å². The molecule has 2 N–H and O–H groups in total. The van der Waals surface area contributed by atoms with Gasteiger partial charge >= 0.3 is 0 Å². The molecule has 2 aromatic carbocycles. The highest BCUT2D eigenvalue weighted by Gasteiger charge is 2.32. The van der Waals surface area contributed by atoms with Crippen LogP contribution in [0.1, 0.15) is 16.7 Å². The molecule has 5 heteroatoms. The van der Waals surface area contributed by atoms with Crippen LogP contribution in [-0.2, 0) is 11.2 Å². The maximum Gasteiger partial charge on any atom is 0.286 e. The van der Waals surface area contributed by atoms with E-state index in [1.54, 1.807) is 0 Å². The van der Waals surface area contributed by atoms with Crippen molar-refractivity contribution in [1.29, 1.82) is 0 Å². The third-order valence-corrected chi connectivity index (χ3v) is 5.50. The van der Waals surface area contributed by atoms with Crippen molar-refractivity contribution in [3.8, 4) is 0 Å². The van der Waals surface area contributed by atoms with E-state index in [2.05, 4.69) is 42.3 Å². The predicted molar refractivity (Wildman–Crippen MR) is 93.9 cm³/mol. The number of benzene rings is 2. The lowest BCUT2D eigenvalue weighted by Gasteiger charge is -2.12. The molecule has 1 aliphatic rings. The fourth-order valence-corrected chi connectivity index (χ4v) is 4.22. The number of carbonyl (C=O) groups excluding carboxylic acids is 2. The molecule has 1 fully saturated rings. The molecule has 0 saturated carbocycles. The smallest absolute Gasteiger partial charge is 0.286 e. The number of H-pyrrole nitrogens is 1. The number of aromatic nitrogens is 1. The largest absolute Gasteiger partial charge is 0.354 e. The number of rotatable bonds is 2. The van der Waals surface area contributed by atoms with Gasteiger partial charge in [0.05, 0.1) is 5.25 Å². The molecule has 1 aromatic heterocycles. The minimum absolute atomic E-state index is 0.184. The van der Waals surface area contributed by atoms with Crippen LogP contribution in [0.3, 0.4) is 0 Å². The average molecular weight is 324 g/mol. The summed E-state index contributed by atoms with van der Waals surface area (Å²) in [4.78, 5) is 26.7. The van der Waals surface area contributed by atoms with Crippen molar-refractivity contribution in [2.75, 3.05) is 0 Å². The summed E-state index contributed by atoms with van der Waals surface area (Å²) >= 11 is 1.09. The zero-order chi connectivity index (χ0) is 16.1. The van der Waals surface area contributed by atoms with Crippen molar-refractivity contribution in [2.24, 2.45) is 0 Å². The maximum absolute atomic E-state index is 11.9. The molecule has 1 aliphatic heterocycles. The van der Waals surface area contributed by atoms with Crippen molar-refractivity contribution in [2.45, 2.75) is 25.5 Å². The number of imide groups is 1. The highest BCUT2D eigenvalue weighted by atomic mass is 32.2. The molecule has 116 valence electrons. The maximum atomic E-state index is 11.9. The Hall–Kier alpha value is -2.27.